The van der Waals surface area contributed by atoms with E-state index >= 15 is 0 Å². The van der Waals surface area contributed by atoms with Crippen molar-refractivity contribution in [2.24, 2.45) is 0 Å². The molecular weight excluding hydrogens is 621 g/mol. The average Bonchev–Trinajstić information content (AvgIpc) is 3.41. The van der Waals surface area contributed by atoms with Crippen LogP contribution in [0.2, 0.25) is 0 Å². The first-order chi connectivity index (χ1) is 20.1. The molecule has 0 atom stereocenters. The highest BCUT2D eigenvalue weighted by Gasteiger charge is 2.28. The van der Waals surface area contributed by atoms with Gasteiger partial charge in [-0.3, -0.25) is 0 Å². The summed E-state index contributed by atoms with van der Waals surface area (Å²) >= 11 is 2.34. The third kappa shape index (κ3) is 5.15. The molecule has 5 aromatic rings. The molecule has 1 fully saturated rings. The summed E-state index contributed by atoms with van der Waals surface area (Å²) in [6.07, 6.45) is 6.09. The van der Waals surface area contributed by atoms with Crippen LogP contribution in [0.15, 0.2) is 103 Å². The van der Waals surface area contributed by atoms with E-state index in [-0.39, 0.29) is 0 Å². The molecule has 0 saturated carbocycles. The minimum absolute atomic E-state index is 0.642. The molecule has 7 rings (SSSR count). The van der Waals surface area contributed by atoms with E-state index in [0.717, 1.165) is 77.8 Å². The molecule has 0 bridgehead atoms. The average molecular weight is 652 g/mol. The topological polar surface area (TPSA) is 57.4 Å². The zero-order valence-electron chi connectivity index (χ0n) is 22.7. The van der Waals surface area contributed by atoms with Gasteiger partial charge in [0, 0.05) is 83.2 Å². The van der Waals surface area contributed by atoms with Gasteiger partial charge >= 0.3 is 0 Å². The van der Waals surface area contributed by atoms with Crippen LogP contribution in [0.3, 0.4) is 0 Å². The molecule has 0 unspecified atom stereocenters. The number of nitrogens with zero attached hydrogens (tertiary/aromatic N) is 4. The summed E-state index contributed by atoms with van der Waals surface area (Å²) in [5.74, 6) is 1.72. The number of aromatic nitrogens is 2. The number of furan rings is 1. The van der Waals surface area contributed by atoms with Crippen molar-refractivity contribution < 1.29 is 4.42 Å². The number of nitrogens with one attached hydrogen (secondary N) is 1. The molecule has 0 spiro atoms. The number of anilines is 2. The van der Waals surface area contributed by atoms with Crippen molar-refractivity contribution in [1.29, 1.82) is 0 Å². The highest BCUT2D eigenvalue weighted by Crippen LogP contribution is 2.42. The normalized spacial score (nSPS) is 14.9. The van der Waals surface area contributed by atoms with E-state index in [9.17, 15) is 0 Å². The lowest BCUT2D eigenvalue weighted by Crippen LogP contribution is -2.43. The highest BCUT2D eigenvalue weighted by molar-refractivity contribution is 14.1. The molecule has 4 heterocycles. The van der Waals surface area contributed by atoms with E-state index in [1.165, 1.54) is 20.4 Å². The van der Waals surface area contributed by atoms with E-state index < -0.39 is 0 Å². The van der Waals surface area contributed by atoms with Crippen molar-refractivity contribution in [3.05, 3.63) is 124 Å². The zero-order chi connectivity index (χ0) is 27.8. The maximum atomic E-state index is 6.60. The lowest BCUT2D eigenvalue weighted by molar-refractivity contribution is 0.562. The molecule has 6 nitrogen and oxygen atoms in total. The molecular formula is C34H30IN5O. The largest absolute Gasteiger partial charge is 0.454 e. The monoisotopic (exact) mass is 651 g/mol. The molecule has 1 saturated heterocycles. The fraction of sp³-hybridized carbons (Fsp3) is 0.176. The van der Waals surface area contributed by atoms with Crippen LogP contribution in [0.25, 0.3) is 28.1 Å². The Morgan fingerprint density at radius 2 is 1.66 bits per heavy atom. The molecule has 0 radical (unpaired) electrons. The van der Waals surface area contributed by atoms with Gasteiger partial charge in [-0.05, 0) is 75.7 Å². The number of piperazine rings is 1. The van der Waals surface area contributed by atoms with E-state index in [4.69, 9.17) is 4.42 Å². The van der Waals surface area contributed by atoms with E-state index in [2.05, 4.69) is 127 Å². The molecule has 2 aromatic heterocycles. The lowest BCUT2D eigenvalue weighted by Gasteiger charge is -2.31. The van der Waals surface area contributed by atoms with Gasteiger partial charge < -0.3 is 19.5 Å². The molecule has 204 valence electrons. The van der Waals surface area contributed by atoms with Crippen molar-refractivity contribution in [1.82, 2.24) is 15.3 Å². The minimum atomic E-state index is 0.642. The third-order valence-corrected chi connectivity index (χ3v) is 8.68. The predicted molar refractivity (Wildman–Crippen MR) is 174 cm³/mol. The van der Waals surface area contributed by atoms with Gasteiger partial charge in [0.1, 0.15) is 12.1 Å². The quantitative estimate of drug-likeness (QED) is 0.207. The van der Waals surface area contributed by atoms with Crippen molar-refractivity contribution in [3.8, 4) is 22.5 Å². The Morgan fingerprint density at radius 3 is 2.46 bits per heavy atom. The Bertz CT molecular complexity index is 1710. The van der Waals surface area contributed by atoms with Gasteiger partial charge in [-0.2, -0.15) is 0 Å². The second-order valence-corrected chi connectivity index (χ2v) is 11.8. The van der Waals surface area contributed by atoms with Crippen LogP contribution >= 0.6 is 22.6 Å². The third-order valence-electron chi connectivity index (χ3n) is 7.96. The Kier molecular flexibility index (Phi) is 7.06. The lowest BCUT2D eigenvalue weighted by atomic mass is 10.0. The first-order valence-corrected chi connectivity index (χ1v) is 15.0. The van der Waals surface area contributed by atoms with E-state index in [1.807, 2.05) is 12.4 Å². The van der Waals surface area contributed by atoms with Crippen molar-refractivity contribution in [2.75, 3.05) is 36.0 Å². The van der Waals surface area contributed by atoms with Gasteiger partial charge in [0.05, 0.1) is 5.70 Å². The second-order valence-electron chi connectivity index (χ2n) is 10.5. The van der Waals surface area contributed by atoms with Gasteiger partial charge in [-0.15, -0.1) is 0 Å². The van der Waals surface area contributed by atoms with Crippen LogP contribution in [0.1, 0.15) is 22.5 Å². The van der Waals surface area contributed by atoms with Crippen LogP contribution in [-0.2, 0) is 13.0 Å². The van der Waals surface area contributed by atoms with Crippen LogP contribution in [-0.4, -0.2) is 36.1 Å². The SMILES string of the molecule is C=C1c2oc(-c3ccc(I)cc3)cc2Cc2cc(N3CCNCC3)ccc2N1Cc1ccccc1-c1cncnc1. The Hall–Kier alpha value is -3.95. The van der Waals surface area contributed by atoms with Gasteiger partial charge in [0.25, 0.3) is 0 Å². The molecule has 2 aliphatic rings. The summed E-state index contributed by atoms with van der Waals surface area (Å²) in [4.78, 5) is 13.3. The number of benzene rings is 3. The summed E-state index contributed by atoms with van der Waals surface area (Å²) in [5.41, 5.74) is 10.1. The van der Waals surface area contributed by atoms with E-state index in [1.54, 1.807) is 6.33 Å². The smallest absolute Gasteiger partial charge is 0.154 e. The maximum absolute atomic E-state index is 6.60. The van der Waals surface area contributed by atoms with Crippen molar-refractivity contribution in [3.63, 3.8) is 0 Å². The molecule has 7 heteroatoms. The predicted octanol–water partition coefficient (Wildman–Crippen LogP) is 7.00. The molecule has 2 aliphatic heterocycles. The molecule has 0 amide bonds. The summed E-state index contributed by atoms with van der Waals surface area (Å²) < 4.78 is 7.80. The summed E-state index contributed by atoms with van der Waals surface area (Å²) in [7, 11) is 0. The first kappa shape index (κ1) is 26.0. The number of hydrogen-bond donors (Lipinski definition) is 1. The molecule has 41 heavy (non-hydrogen) atoms. The van der Waals surface area contributed by atoms with Gasteiger partial charge in [0.15, 0.2) is 5.76 Å². The van der Waals surface area contributed by atoms with Gasteiger partial charge in [-0.1, -0.05) is 43.0 Å². The fourth-order valence-electron chi connectivity index (χ4n) is 5.86. The first-order valence-electron chi connectivity index (χ1n) is 13.9. The van der Waals surface area contributed by atoms with E-state index in [0.29, 0.717) is 6.54 Å². The molecule has 1 N–H and O–H groups in total. The number of halogens is 1. The number of hydrogen-bond acceptors (Lipinski definition) is 6. The van der Waals surface area contributed by atoms with Gasteiger partial charge in [0.2, 0.25) is 0 Å². The fourth-order valence-corrected chi connectivity index (χ4v) is 6.22. The second kappa shape index (κ2) is 11.1. The highest BCUT2D eigenvalue weighted by atomic mass is 127. The Morgan fingerprint density at radius 1 is 0.878 bits per heavy atom. The molecule has 0 aliphatic carbocycles. The summed E-state index contributed by atoms with van der Waals surface area (Å²) in [6, 6.07) is 26.0. The van der Waals surface area contributed by atoms with Crippen LogP contribution < -0.4 is 15.1 Å². The maximum Gasteiger partial charge on any atom is 0.154 e. The van der Waals surface area contributed by atoms with Crippen LogP contribution in [0, 0.1) is 3.57 Å². The van der Waals surface area contributed by atoms with Crippen LogP contribution in [0.5, 0.6) is 0 Å². The Labute approximate surface area is 253 Å². The Balaban J connectivity index is 1.33. The van der Waals surface area contributed by atoms with Crippen molar-refractivity contribution >= 4 is 39.7 Å². The summed E-state index contributed by atoms with van der Waals surface area (Å²) in [5, 5.41) is 3.47. The summed E-state index contributed by atoms with van der Waals surface area (Å²) in [6.45, 7) is 9.29. The number of fused-ring (bicyclic) bond motifs is 2. The number of rotatable bonds is 5. The standard InChI is InChI=1S/C34H30IN5O/c1-23-34-27(18-33(41-34)24-6-8-29(35)9-7-24)16-26-17-30(39-14-12-36-13-15-39)10-11-32(26)40(23)21-25-4-2-3-5-31(25)28-19-37-22-38-20-28/h2-11,17-20,22,36H,1,12-16,21H2. The minimum Gasteiger partial charge on any atom is -0.454 e. The molecule has 3 aromatic carbocycles. The van der Waals surface area contributed by atoms with Crippen molar-refractivity contribution in [2.45, 2.75) is 13.0 Å². The van der Waals surface area contributed by atoms with Crippen LogP contribution in [0.4, 0.5) is 11.4 Å². The zero-order valence-corrected chi connectivity index (χ0v) is 24.8. The van der Waals surface area contributed by atoms with Gasteiger partial charge in [-0.25, -0.2) is 9.97 Å².